The molecule has 15 heavy (non-hydrogen) atoms. The minimum Gasteiger partial charge on any atom is -0.465 e. The number of ether oxygens (including phenoxy) is 1. The second kappa shape index (κ2) is 4.64. The van der Waals surface area contributed by atoms with Gasteiger partial charge in [-0.05, 0) is 33.6 Å². The van der Waals surface area contributed by atoms with Gasteiger partial charge in [0.2, 0.25) is 5.91 Å². The summed E-state index contributed by atoms with van der Waals surface area (Å²) in [5.41, 5.74) is -1.04. The van der Waals surface area contributed by atoms with Crippen LogP contribution in [0, 0.1) is 5.41 Å². The van der Waals surface area contributed by atoms with E-state index in [2.05, 4.69) is 0 Å². The molecule has 86 valence electrons. The molecule has 0 aromatic heterocycles. The van der Waals surface area contributed by atoms with Crippen LogP contribution in [-0.2, 0) is 14.3 Å². The molecule has 0 aromatic rings. The van der Waals surface area contributed by atoms with Crippen molar-refractivity contribution >= 4 is 11.9 Å². The number of hydrogen-bond acceptors (Lipinski definition) is 3. The molecule has 0 radical (unpaired) electrons. The molecule has 0 spiro atoms. The summed E-state index contributed by atoms with van der Waals surface area (Å²) in [6, 6.07) is 0. The molecule has 1 aliphatic heterocycles. The summed E-state index contributed by atoms with van der Waals surface area (Å²) >= 11 is 0. The number of amides is 1. The van der Waals surface area contributed by atoms with Crippen LogP contribution in [0.1, 0.15) is 33.6 Å². The van der Waals surface area contributed by atoms with Crippen molar-refractivity contribution in [2.45, 2.75) is 33.6 Å². The Hall–Kier alpha value is -1.06. The number of rotatable bonds is 3. The highest BCUT2D eigenvalue weighted by Crippen LogP contribution is 2.23. The summed E-state index contributed by atoms with van der Waals surface area (Å²) in [4.78, 5) is 25.3. The van der Waals surface area contributed by atoms with Gasteiger partial charge in [0, 0.05) is 13.1 Å². The Balaban J connectivity index is 2.66. The highest BCUT2D eigenvalue weighted by atomic mass is 16.5. The van der Waals surface area contributed by atoms with Crippen LogP contribution in [0.3, 0.4) is 0 Å². The van der Waals surface area contributed by atoms with Crippen molar-refractivity contribution in [1.82, 2.24) is 4.90 Å². The van der Waals surface area contributed by atoms with E-state index in [1.165, 1.54) is 0 Å². The second-order valence-corrected chi connectivity index (χ2v) is 4.34. The van der Waals surface area contributed by atoms with Crippen molar-refractivity contribution in [2.75, 3.05) is 19.7 Å². The molecule has 4 heteroatoms. The zero-order chi connectivity index (χ0) is 11.5. The van der Waals surface area contributed by atoms with Gasteiger partial charge in [-0.3, -0.25) is 9.59 Å². The van der Waals surface area contributed by atoms with Crippen molar-refractivity contribution in [3.8, 4) is 0 Å². The lowest BCUT2D eigenvalue weighted by Gasteiger charge is -2.26. The molecular formula is C11H19NO3. The second-order valence-electron chi connectivity index (χ2n) is 4.34. The molecule has 1 heterocycles. The predicted octanol–water partition coefficient (Wildman–Crippen LogP) is 1.20. The minimum atomic E-state index is -1.04. The van der Waals surface area contributed by atoms with E-state index < -0.39 is 11.4 Å². The van der Waals surface area contributed by atoms with Crippen LogP contribution >= 0.6 is 0 Å². The van der Waals surface area contributed by atoms with Crippen LogP contribution < -0.4 is 0 Å². The molecule has 0 saturated carbocycles. The summed E-state index contributed by atoms with van der Waals surface area (Å²) in [5, 5.41) is 0. The lowest BCUT2D eigenvalue weighted by molar-refractivity contribution is -0.162. The maximum atomic E-state index is 12.0. The maximum absolute atomic E-state index is 12.0. The third-order valence-corrected chi connectivity index (χ3v) is 2.71. The molecule has 4 nitrogen and oxygen atoms in total. The Morgan fingerprint density at radius 3 is 2.27 bits per heavy atom. The first kappa shape index (κ1) is 12.0. The normalized spacial score (nSPS) is 16.6. The van der Waals surface area contributed by atoms with Gasteiger partial charge in [-0.2, -0.15) is 0 Å². The van der Waals surface area contributed by atoms with Crippen molar-refractivity contribution < 1.29 is 14.3 Å². The number of likely N-dealkylation sites (tertiary alicyclic amines) is 1. The molecule has 1 amide bonds. The zero-order valence-corrected chi connectivity index (χ0v) is 9.71. The van der Waals surface area contributed by atoms with Gasteiger partial charge < -0.3 is 9.64 Å². The van der Waals surface area contributed by atoms with Crippen LogP contribution in [0.2, 0.25) is 0 Å². The number of carbonyl (C=O) groups excluding carboxylic acids is 2. The Labute approximate surface area is 90.6 Å². The summed E-state index contributed by atoms with van der Waals surface area (Å²) in [6.45, 7) is 6.85. The Kier molecular flexibility index (Phi) is 3.72. The van der Waals surface area contributed by atoms with Crippen LogP contribution in [0.15, 0.2) is 0 Å². The summed E-state index contributed by atoms with van der Waals surface area (Å²) in [7, 11) is 0. The van der Waals surface area contributed by atoms with E-state index in [0.29, 0.717) is 6.61 Å². The summed E-state index contributed by atoms with van der Waals surface area (Å²) in [6.07, 6.45) is 2.06. The van der Waals surface area contributed by atoms with Crippen molar-refractivity contribution in [3.05, 3.63) is 0 Å². The van der Waals surface area contributed by atoms with Gasteiger partial charge in [-0.25, -0.2) is 0 Å². The van der Waals surface area contributed by atoms with Crippen LogP contribution in [0.4, 0.5) is 0 Å². The van der Waals surface area contributed by atoms with Crippen LogP contribution in [0.25, 0.3) is 0 Å². The first-order valence-electron chi connectivity index (χ1n) is 5.46. The fourth-order valence-electron chi connectivity index (χ4n) is 1.71. The molecule has 0 aliphatic carbocycles. The average Bonchev–Trinajstić information content (AvgIpc) is 2.69. The standard InChI is InChI=1S/C11H19NO3/c1-4-15-10(14)11(2,3)9(13)12-7-5-6-8-12/h4-8H2,1-3H3. The van der Waals surface area contributed by atoms with Gasteiger partial charge in [-0.15, -0.1) is 0 Å². The maximum Gasteiger partial charge on any atom is 0.321 e. The highest BCUT2D eigenvalue weighted by Gasteiger charge is 2.41. The quantitative estimate of drug-likeness (QED) is 0.522. The third-order valence-electron chi connectivity index (χ3n) is 2.71. The molecule has 1 saturated heterocycles. The third kappa shape index (κ3) is 2.49. The molecule has 0 aromatic carbocycles. The summed E-state index contributed by atoms with van der Waals surface area (Å²) in [5.74, 6) is -0.541. The van der Waals surface area contributed by atoms with Gasteiger partial charge in [0.1, 0.15) is 5.41 Å². The molecular weight excluding hydrogens is 194 g/mol. The van der Waals surface area contributed by atoms with Gasteiger partial charge in [0.05, 0.1) is 6.61 Å². The van der Waals surface area contributed by atoms with Crippen molar-refractivity contribution in [1.29, 1.82) is 0 Å². The van der Waals surface area contributed by atoms with E-state index in [0.717, 1.165) is 25.9 Å². The first-order chi connectivity index (χ1) is 7.00. The molecule has 1 aliphatic rings. The first-order valence-corrected chi connectivity index (χ1v) is 5.46. The molecule has 0 atom stereocenters. The van der Waals surface area contributed by atoms with Crippen molar-refractivity contribution in [3.63, 3.8) is 0 Å². The molecule has 0 N–H and O–H groups in total. The SMILES string of the molecule is CCOC(=O)C(C)(C)C(=O)N1CCCC1. The lowest BCUT2D eigenvalue weighted by Crippen LogP contribution is -2.44. The van der Waals surface area contributed by atoms with Gasteiger partial charge in [0.15, 0.2) is 0 Å². The molecule has 0 bridgehead atoms. The van der Waals surface area contributed by atoms with E-state index in [-0.39, 0.29) is 5.91 Å². The minimum absolute atomic E-state index is 0.113. The molecule has 0 unspecified atom stereocenters. The molecule has 1 fully saturated rings. The number of nitrogens with zero attached hydrogens (tertiary/aromatic N) is 1. The topological polar surface area (TPSA) is 46.6 Å². The Bertz CT molecular complexity index is 255. The van der Waals surface area contributed by atoms with E-state index in [4.69, 9.17) is 4.74 Å². The Morgan fingerprint density at radius 1 is 1.27 bits per heavy atom. The lowest BCUT2D eigenvalue weighted by atomic mass is 9.92. The average molecular weight is 213 g/mol. The zero-order valence-electron chi connectivity index (χ0n) is 9.71. The van der Waals surface area contributed by atoms with E-state index in [1.807, 2.05) is 0 Å². The van der Waals surface area contributed by atoms with Gasteiger partial charge in [-0.1, -0.05) is 0 Å². The fourth-order valence-corrected chi connectivity index (χ4v) is 1.71. The van der Waals surface area contributed by atoms with E-state index >= 15 is 0 Å². The predicted molar refractivity (Wildman–Crippen MR) is 56.2 cm³/mol. The monoisotopic (exact) mass is 213 g/mol. The number of carbonyl (C=O) groups is 2. The van der Waals surface area contributed by atoms with Gasteiger partial charge >= 0.3 is 5.97 Å². The van der Waals surface area contributed by atoms with Crippen molar-refractivity contribution in [2.24, 2.45) is 5.41 Å². The molecule has 1 rings (SSSR count). The largest absolute Gasteiger partial charge is 0.465 e. The van der Waals surface area contributed by atoms with E-state index in [1.54, 1.807) is 25.7 Å². The van der Waals surface area contributed by atoms with Gasteiger partial charge in [0.25, 0.3) is 0 Å². The highest BCUT2D eigenvalue weighted by molar-refractivity contribution is 6.01. The fraction of sp³-hybridized carbons (Fsp3) is 0.818. The van der Waals surface area contributed by atoms with Crippen LogP contribution in [0.5, 0.6) is 0 Å². The van der Waals surface area contributed by atoms with Crippen LogP contribution in [-0.4, -0.2) is 36.5 Å². The smallest absolute Gasteiger partial charge is 0.321 e. The summed E-state index contributed by atoms with van der Waals surface area (Å²) < 4.78 is 4.90. The number of hydrogen-bond donors (Lipinski definition) is 0. The Morgan fingerprint density at radius 2 is 1.80 bits per heavy atom. The number of esters is 1. The van der Waals surface area contributed by atoms with E-state index in [9.17, 15) is 9.59 Å².